The molecule has 2 aromatic heterocycles. The molecule has 116 valence electrons. The Balaban J connectivity index is 2.15. The molecule has 22 heavy (non-hydrogen) atoms. The first kappa shape index (κ1) is 14.7. The number of nitrogens with zero attached hydrogens (tertiary/aromatic N) is 3. The quantitative estimate of drug-likeness (QED) is 0.922. The van der Waals surface area contributed by atoms with E-state index in [4.69, 9.17) is 9.84 Å². The Bertz CT molecular complexity index is 787. The van der Waals surface area contributed by atoms with Crippen molar-refractivity contribution < 1.29 is 14.6 Å². The van der Waals surface area contributed by atoms with Gasteiger partial charge in [-0.05, 0) is 45.9 Å². The van der Waals surface area contributed by atoms with Gasteiger partial charge in [0, 0.05) is 17.5 Å². The second-order valence-electron chi connectivity index (χ2n) is 6.75. The maximum atomic E-state index is 11.1. The number of pyridine rings is 1. The van der Waals surface area contributed by atoms with Crippen molar-refractivity contribution in [1.82, 2.24) is 14.8 Å². The highest BCUT2D eigenvalue weighted by Gasteiger charge is 2.35. The normalized spacial score (nSPS) is 19.9. The lowest BCUT2D eigenvalue weighted by Gasteiger charge is -2.39. The molecule has 0 aromatic carbocycles. The molecule has 0 saturated carbocycles. The summed E-state index contributed by atoms with van der Waals surface area (Å²) in [5.74, 6) is -1.05. The molecule has 1 aliphatic heterocycles. The zero-order valence-electron chi connectivity index (χ0n) is 13.1. The Kier molecular flexibility index (Phi) is 3.11. The zero-order chi connectivity index (χ0) is 16.1. The minimum Gasteiger partial charge on any atom is -0.477 e. The van der Waals surface area contributed by atoms with E-state index in [0.717, 1.165) is 11.1 Å². The smallest absolute Gasteiger partial charge is 0.354 e. The van der Waals surface area contributed by atoms with Crippen LogP contribution in [0.2, 0.25) is 0 Å². The summed E-state index contributed by atoms with van der Waals surface area (Å²) in [6, 6.07) is 3.22. The van der Waals surface area contributed by atoms with Crippen LogP contribution < -0.4 is 0 Å². The Morgan fingerprint density at radius 2 is 2.05 bits per heavy atom. The molecule has 1 N–H and O–H groups in total. The van der Waals surface area contributed by atoms with Gasteiger partial charge in [0.25, 0.3) is 0 Å². The van der Waals surface area contributed by atoms with E-state index in [2.05, 4.69) is 10.1 Å². The van der Waals surface area contributed by atoms with Gasteiger partial charge in [0.05, 0.1) is 17.4 Å². The minimum atomic E-state index is -1.05. The molecule has 0 fully saturated rings. The number of hydrogen-bond acceptors (Lipinski definition) is 4. The molecular weight excluding hydrogens is 282 g/mol. The highest BCUT2D eigenvalue weighted by Crippen LogP contribution is 2.36. The number of carboxylic acids is 1. The van der Waals surface area contributed by atoms with Crippen molar-refractivity contribution in [2.45, 2.75) is 45.3 Å². The van der Waals surface area contributed by atoms with Gasteiger partial charge in [0.15, 0.2) is 11.3 Å². The van der Waals surface area contributed by atoms with Crippen molar-refractivity contribution in [2.75, 3.05) is 0 Å². The van der Waals surface area contributed by atoms with Crippen molar-refractivity contribution in [3.8, 4) is 0 Å². The number of hydrogen-bond donors (Lipinski definition) is 1. The van der Waals surface area contributed by atoms with Gasteiger partial charge in [-0.2, -0.15) is 5.10 Å². The predicted octanol–water partition coefficient (Wildman–Crippen LogP) is 2.95. The van der Waals surface area contributed by atoms with Gasteiger partial charge in [-0.15, -0.1) is 0 Å². The van der Waals surface area contributed by atoms with Crippen LogP contribution in [0.15, 0.2) is 24.4 Å². The number of aromatic nitrogens is 3. The maximum absolute atomic E-state index is 11.1. The van der Waals surface area contributed by atoms with E-state index in [9.17, 15) is 4.79 Å². The molecule has 6 heteroatoms. The Morgan fingerprint density at radius 3 is 2.68 bits per heavy atom. The fourth-order valence-electron chi connectivity index (χ4n) is 3.04. The average molecular weight is 301 g/mol. The second-order valence-corrected chi connectivity index (χ2v) is 6.75. The van der Waals surface area contributed by atoms with Crippen LogP contribution in [0.1, 0.15) is 44.6 Å². The summed E-state index contributed by atoms with van der Waals surface area (Å²) in [6.45, 7) is 8.05. The maximum Gasteiger partial charge on any atom is 0.354 e. The minimum absolute atomic E-state index is 0.0143. The monoisotopic (exact) mass is 301 g/mol. The van der Waals surface area contributed by atoms with Gasteiger partial charge in [-0.1, -0.05) is 0 Å². The molecule has 0 unspecified atom stereocenters. The van der Waals surface area contributed by atoms with Crippen molar-refractivity contribution in [2.24, 2.45) is 0 Å². The number of fused-ring (bicyclic) bond motifs is 1. The number of carbonyl (C=O) groups is 1. The highest BCUT2D eigenvalue weighted by molar-refractivity contribution is 5.89. The van der Waals surface area contributed by atoms with Gasteiger partial charge in [-0.25, -0.2) is 14.5 Å². The SMILES string of the molecule is CC1(C)C=C(n2ncc3ccc(C(=O)O)nc32)CC(C)(C)O1. The average Bonchev–Trinajstić information content (AvgIpc) is 2.77. The fourth-order valence-corrected chi connectivity index (χ4v) is 3.04. The second kappa shape index (κ2) is 4.64. The third-order valence-corrected chi connectivity index (χ3v) is 3.57. The molecule has 0 amide bonds. The molecule has 0 atom stereocenters. The molecule has 6 nitrogen and oxygen atoms in total. The predicted molar refractivity (Wildman–Crippen MR) is 82.6 cm³/mol. The topological polar surface area (TPSA) is 77.2 Å². The third kappa shape index (κ3) is 2.62. The van der Waals surface area contributed by atoms with E-state index in [1.165, 1.54) is 6.07 Å². The molecule has 0 aliphatic carbocycles. The van der Waals surface area contributed by atoms with E-state index < -0.39 is 11.6 Å². The van der Waals surface area contributed by atoms with Crippen molar-refractivity contribution in [1.29, 1.82) is 0 Å². The number of ether oxygens (including phenoxy) is 1. The summed E-state index contributed by atoms with van der Waals surface area (Å²) in [5.41, 5.74) is 0.794. The van der Waals surface area contributed by atoms with E-state index in [1.54, 1.807) is 16.9 Å². The van der Waals surface area contributed by atoms with Crippen LogP contribution in [0, 0.1) is 0 Å². The summed E-state index contributed by atoms with van der Waals surface area (Å²) in [5, 5.41) is 14.3. The van der Waals surface area contributed by atoms with Gasteiger partial charge in [0.2, 0.25) is 0 Å². The lowest BCUT2D eigenvalue weighted by atomic mass is 9.93. The highest BCUT2D eigenvalue weighted by atomic mass is 16.5. The van der Waals surface area contributed by atoms with Crippen LogP contribution in [-0.2, 0) is 4.74 Å². The Hall–Kier alpha value is -2.21. The molecule has 1 aliphatic rings. The van der Waals surface area contributed by atoms with Crippen LogP contribution >= 0.6 is 0 Å². The van der Waals surface area contributed by atoms with Crippen LogP contribution in [-0.4, -0.2) is 37.0 Å². The largest absolute Gasteiger partial charge is 0.477 e. The Morgan fingerprint density at radius 1 is 1.32 bits per heavy atom. The molecule has 0 radical (unpaired) electrons. The van der Waals surface area contributed by atoms with E-state index in [-0.39, 0.29) is 11.3 Å². The molecule has 2 aromatic rings. The number of carboxylic acid groups (broad SMARTS) is 1. The van der Waals surface area contributed by atoms with Crippen LogP contribution in [0.5, 0.6) is 0 Å². The molecule has 0 saturated heterocycles. The molecule has 0 spiro atoms. The molecular formula is C16H19N3O3. The van der Waals surface area contributed by atoms with Gasteiger partial charge in [-0.3, -0.25) is 0 Å². The van der Waals surface area contributed by atoms with Crippen LogP contribution in [0.4, 0.5) is 0 Å². The Labute approximate surface area is 128 Å². The standard InChI is InChI=1S/C16H19N3O3/c1-15(2)7-11(8-16(3,4)22-15)19-13-10(9-17-19)5-6-12(18-13)14(20)21/h5-7,9H,8H2,1-4H3,(H,20,21). The summed E-state index contributed by atoms with van der Waals surface area (Å²) in [4.78, 5) is 15.4. The van der Waals surface area contributed by atoms with Gasteiger partial charge >= 0.3 is 5.97 Å². The number of rotatable bonds is 2. The van der Waals surface area contributed by atoms with E-state index in [1.807, 2.05) is 33.8 Å². The van der Waals surface area contributed by atoms with E-state index in [0.29, 0.717) is 12.1 Å². The summed E-state index contributed by atoms with van der Waals surface area (Å²) >= 11 is 0. The number of aromatic carboxylic acids is 1. The van der Waals surface area contributed by atoms with Crippen molar-refractivity contribution in [3.63, 3.8) is 0 Å². The molecule has 0 bridgehead atoms. The first-order valence-corrected chi connectivity index (χ1v) is 7.17. The van der Waals surface area contributed by atoms with Crippen molar-refractivity contribution >= 4 is 22.7 Å². The fraction of sp³-hybridized carbons (Fsp3) is 0.438. The molecule has 3 heterocycles. The summed E-state index contributed by atoms with van der Waals surface area (Å²) < 4.78 is 7.75. The first-order valence-electron chi connectivity index (χ1n) is 7.17. The zero-order valence-corrected chi connectivity index (χ0v) is 13.1. The lowest BCUT2D eigenvalue weighted by Crippen LogP contribution is -2.40. The van der Waals surface area contributed by atoms with Gasteiger partial charge in [0.1, 0.15) is 0 Å². The van der Waals surface area contributed by atoms with Crippen LogP contribution in [0.3, 0.4) is 0 Å². The summed E-state index contributed by atoms with van der Waals surface area (Å²) in [7, 11) is 0. The molecule has 3 rings (SSSR count). The van der Waals surface area contributed by atoms with Crippen molar-refractivity contribution in [3.05, 3.63) is 30.1 Å². The van der Waals surface area contributed by atoms with Crippen LogP contribution in [0.25, 0.3) is 16.7 Å². The van der Waals surface area contributed by atoms with E-state index >= 15 is 0 Å². The third-order valence-electron chi connectivity index (χ3n) is 3.57. The van der Waals surface area contributed by atoms with Gasteiger partial charge < -0.3 is 9.84 Å². The summed E-state index contributed by atoms with van der Waals surface area (Å²) in [6.07, 6.45) is 4.39. The lowest BCUT2D eigenvalue weighted by molar-refractivity contribution is -0.101. The first-order chi connectivity index (χ1) is 10.2.